The Kier molecular flexibility index (Phi) is 5.03. The van der Waals surface area contributed by atoms with Crippen molar-refractivity contribution in [2.75, 3.05) is 5.32 Å². The highest BCUT2D eigenvalue weighted by Crippen LogP contribution is 2.34. The van der Waals surface area contributed by atoms with E-state index in [0.717, 1.165) is 33.1 Å². The second-order valence-electron chi connectivity index (χ2n) is 6.09. The zero-order chi connectivity index (χ0) is 14.0. The van der Waals surface area contributed by atoms with Gasteiger partial charge in [-0.3, -0.25) is 0 Å². The van der Waals surface area contributed by atoms with Crippen LogP contribution in [0.25, 0.3) is 0 Å². The predicted octanol–water partition coefficient (Wildman–Crippen LogP) is 5.93. The molecule has 1 aromatic rings. The van der Waals surface area contributed by atoms with E-state index in [1.165, 1.54) is 25.7 Å². The van der Waals surface area contributed by atoms with Crippen LogP contribution in [0.1, 0.15) is 45.1 Å². The third kappa shape index (κ3) is 3.79. The molecule has 0 bridgehead atoms. The van der Waals surface area contributed by atoms with Crippen molar-refractivity contribution in [3.05, 3.63) is 27.7 Å². The van der Waals surface area contributed by atoms with Gasteiger partial charge in [0.05, 0.1) is 10.7 Å². The molecule has 0 radical (unpaired) electrons. The Morgan fingerprint density at radius 1 is 1.16 bits per heavy atom. The molecule has 2 atom stereocenters. The molecule has 106 valence electrons. The monoisotopic (exact) mass is 299 g/mol. The van der Waals surface area contributed by atoms with Gasteiger partial charge in [-0.15, -0.1) is 0 Å². The Labute approximate surface area is 126 Å². The molecule has 1 aliphatic rings. The van der Waals surface area contributed by atoms with Crippen LogP contribution in [0, 0.1) is 18.8 Å². The maximum absolute atomic E-state index is 6.30. The normalized spacial score (nSPS) is 23.7. The fourth-order valence-corrected chi connectivity index (χ4v) is 3.38. The summed E-state index contributed by atoms with van der Waals surface area (Å²) in [6.45, 7) is 6.62. The molecule has 19 heavy (non-hydrogen) atoms. The van der Waals surface area contributed by atoms with Gasteiger partial charge < -0.3 is 5.32 Å². The van der Waals surface area contributed by atoms with E-state index in [2.05, 4.69) is 19.2 Å². The van der Waals surface area contributed by atoms with Crippen LogP contribution in [0.5, 0.6) is 0 Å². The SMILES string of the molecule is Cc1cc(Cl)c(NC2CCCC(C(C)C)C2)cc1Cl. The molecule has 0 amide bonds. The van der Waals surface area contributed by atoms with Gasteiger partial charge in [-0.05, 0) is 49.3 Å². The number of anilines is 1. The van der Waals surface area contributed by atoms with Gasteiger partial charge in [0.25, 0.3) is 0 Å². The highest BCUT2D eigenvalue weighted by Gasteiger charge is 2.24. The highest BCUT2D eigenvalue weighted by atomic mass is 35.5. The van der Waals surface area contributed by atoms with Crippen molar-refractivity contribution in [2.24, 2.45) is 11.8 Å². The van der Waals surface area contributed by atoms with Crippen molar-refractivity contribution in [3.63, 3.8) is 0 Å². The molecule has 1 aromatic carbocycles. The van der Waals surface area contributed by atoms with Crippen molar-refractivity contribution in [2.45, 2.75) is 52.5 Å². The molecule has 1 saturated carbocycles. The van der Waals surface area contributed by atoms with E-state index in [-0.39, 0.29) is 0 Å². The van der Waals surface area contributed by atoms with Crippen molar-refractivity contribution in [3.8, 4) is 0 Å². The summed E-state index contributed by atoms with van der Waals surface area (Å²) in [6, 6.07) is 4.42. The van der Waals surface area contributed by atoms with Gasteiger partial charge in [0.1, 0.15) is 0 Å². The average molecular weight is 300 g/mol. The smallest absolute Gasteiger partial charge is 0.0641 e. The molecule has 1 aliphatic carbocycles. The molecular formula is C16H23Cl2N. The molecule has 0 spiro atoms. The molecule has 2 unspecified atom stereocenters. The lowest BCUT2D eigenvalue weighted by Gasteiger charge is -2.33. The van der Waals surface area contributed by atoms with Gasteiger partial charge in [0, 0.05) is 11.1 Å². The highest BCUT2D eigenvalue weighted by molar-refractivity contribution is 6.35. The van der Waals surface area contributed by atoms with Gasteiger partial charge in [0.15, 0.2) is 0 Å². The summed E-state index contributed by atoms with van der Waals surface area (Å²) in [5.41, 5.74) is 2.01. The number of hydrogen-bond acceptors (Lipinski definition) is 1. The van der Waals surface area contributed by atoms with Crippen LogP contribution >= 0.6 is 23.2 Å². The summed E-state index contributed by atoms with van der Waals surface area (Å²) < 4.78 is 0. The van der Waals surface area contributed by atoms with Crippen molar-refractivity contribution >= 4 is 28.9 Å². The second-order valence-corrected chi connectivity index (χ2v) is 6.91. The summed E-state index contributed by atoms with van der Waals surface area (Å²) >= 11 is 12.5. The zero-order valence-electron chi connectivity index (χ0n) is 12.0. The van der Waals surface area contributed by atoms with Crippen LogP contribution in [0.4, 0.5) is 5.69 Å². The number of benzene rings is 1. The Morgan fingerprint density at radius 3 is 2.58 bits per heavy atom. The molecule has 1 fully saturated rings. The van der Waals surface area contributed by atoms with Crippen molar-refractivity contribution in [1.29, 1.82) is 0 Å². The molecule has 0 saturated heterocycles. The first-order chi connectivity index (χ1) is 8.97. The van der Waals surface area contributed by atoms with Crippen LogP contribution in [0.15, 0.2) is 12.1 Å². The molecule has 1 N–H and O–H groups in total. The van der Waals surface area contributed by atoms with Gasteiger partial charge >= 0.3 is 0 Å². The van der Waals surface area contributed by atoms with Crippen LogP contribution < -0.4 is 5.32 Å². The summed E-state index contributed by atoms with van der Waals surface area (Å²) in [4.78, 5) is 0. The topological polar surface area (TPSA) is 12.0 Å². The second kappa shape index (κ2) is 6.37. The van der Waals surface area contributed by atoms with E-state index < -0.39 is 0 Å². The average Bonchev–Trinajstić information content (AvgIpc) is 2.36. The minimum atomic E-state index is 0.525. The third-order valence-electron chi connectivity index (χ3n) is 4.27. The third-order valence-corrected chi connectivity index (χ3v) is 4.99. The number of nitrogens with one attached hydrogen (secondary N) is 1. The Bertz CT molecular complexity index is 443. The molecule has 1 nitrogen and oxygen atoms in total. The molecule has 0 heterocycles. The molecule has 0 aliphatic heterocycles. The number of aryl methyl sites for hydroxylation is 1. The minimum Gasteiger partial charge on any atom is -0.381 e. The molecule has 3 heteroatoms. The van der Waals surface area contributed by atoms with E-state index in [4.69, 9.17) is 23.2 Å². The predicted molar refractivity (Wildman–Crippen MR) is 85.4 cm³/mol. The van der Waals surface area contributed by atoms with Crippen LogP contribution in [-0.2, 0) is 0 Å². The first-order valence-corrected chi connectivity index (χ1v) is 7.95. The zero-order valence-corrected chi connectivity index (χ0v) is 13.5. The summed E-state index contributed by atoms with van der Waals surface area (Å²) in [5.74, 6) is 1.59. The van der Waals surface area contributed by atoms with E-state index in [0.29, 0.717) is 6.04 Å². The first kappa shape index (κ1) is 15.0. The van der Waals surface area contributed by atoms with Crippen molar-refractivity contribution < 1.29 is 0 Å². The maximum Gasteiger partial charge on any atom is 0.0641 e. The Morgan fingerprint density at radius 2 is 1.89 bits per heavy atom. The van der Waals surface area contributed by atoms with E-state index in [9.17, 15) is 0 Å². The van der Waals surface area contributed by atoms with Crippen LogP contribution in [0.2, 0.25) is 10.0 Å². The summed E-state index contributed by atoms with van der Waals surface area (Å²) in [5, 5.41) is 5.14. The quantitative estimate of drug-likeness (QED) is 0.729. The van der Waals surface area contributed by atoms with E-state index >= 15 is 0 Å². The summed E-state index contributed by atoms with van der Waals surface area (Å²) in [7, 11) is 0. The summed E-state index contributed by atoms with van der Waals surface area (Å²) in [6.07, 6.45) is 5.13. The van der Waals surface area contributed by atoms with Gasteiger partial charge in [-0.1, -0.05) is 49.9 Å². The Hall–Kier alpha value is -0.400. The van der Waals surface area contributed by atoms with Gasteiger partial charge in [0.2, 0.25) is 0 Å². The van der Waals surface area contributed by atoms with Crippen molar-refractivity contribution in [1.82, 2.24) is 0 Å². The minimum absolute atomic E-state index is 0.525. The fraction of sp³-hybridized carbons (Fsp3) is 0.625. The molecular weight excluding hydrogens is 277 g/mol. The van der Waals surface area contributed by atoms with Gasteiger partial charge in [-0.25, -0.2) is 0 Å². The first-order valence-electron chi connectivity index (χ1n) is 7.19. The number of hydrogen-bond donors (Lipinski definition) is 1. The largest absolute Gasteiger partial charge is 0.381 e. The Balaban J connectivity index is 2.06. The van der Waals surface area contributed by atoms with E-state index in [1.54, 1.807) is 0 Å². The fourth-order valence-electron chi connectivity index (χ4n) is 2.94. The lowest BCUT2D eigenvalue weighted by molar-refractivity contribution is 0.264. The molecule has 2 rings (SSSR count). The lowest BCUT2D eigenvalue weighted by atomic mass is 9.79. The standard InChI is InChI=1S/C16H23Cl2N/c1-10(2)12-5-4-6-13(8-12)19-16-9-14(17)11(3)7-15(16)18/h7,9-10,12-13,19H,4-6,8H2,1-3H3. The number of rotatable bonds is 3. The number of halogens is 2. The molecule has 0 aromatic heterocycles. The van der Waals surface area contributed by atoms with Crippen LogP contribution in [-0.4, -0.2) is 6.04 Å². The van der Waals surface area contributed by atoms with Crippen LogP contribution in [0.3, 0.4) is 0 Å². The van der Waals surface area contributed by atoms with E-state index in [1.807, 2.05) is 19.1 Å². The van der Waals surface area contributed by atoms with Gasteiger partial charge in [-0.2, -0.15) is 0 Å². The maximum atomic E-state index is 6.30. The lowest BCUT2D eigenvalue weighted by Crippen LogP contribution is -2.29.